The number of hydrogen-bond acceptors (Lipinski definition) is 3. The minimum absolute atomic E-state index is 0.116. The predicted molar refractivity (Wildman–Crippen MR) is 82.9 cm³/mol. The monoisotopic (exact) mass is 364 g/mol. The standard InChI is InChI=1S/C14H12ClF3N2O2S/c1-20(2)9-5-3-8(4-6-9)19-23(21,22)11-7-10(16)12(15)14(18)13(11)17/h3-7,19H,1-2H3. The summed E-state index contributed by atoms with van der Waals surface area (Å²) in [6.45, 7) is 0. The van der Waals surface area contributed by atoms with E-state index in [0.717, 1.165) is 5.69 Å². The summed E-state index contributed by atoms with van der Waals surface area (Å²) < 4.78 is 66.9. The van der Waals surface area contributed by atoms with E-state index in [1.54, 1.807) is 31.1 Å². The van der Waals surface area contributed by atoms with Gasteiger partial charge in [0.15, 0.2) is 11.6 Å². The summed E-state index contributed by atoms with van der Waals surface area (Å²) >= 11 is 5.20. The van der Waals surface area contributed by atoms with E-state index >= 15 is 0 Å². The SMILES string of the molecule is CN(C)c1ccc(NS(=O)(=O)c2cc(F)c(Cl)c(F)c2F)cc1. The third kappa shape index (κ3) is 3.53. The Morgan fingerprint density at radius 3 is 2.13 bits per heavy atom. The van der Waals surface area contributed by atoms with Gasteiger partial charge in [-0.2, -0.15) is 0 Å². The molecule has 0 radical (unpaired) electrons. The fourth-order valence-electron chi connectivity index (χ4n) is 1.78. The molecule has 0 aliphatic heterocycles. The lowest BCUT2D eigenvalue weighted by atomic mass is 10.3. The zero-order valence-electron chi connectivity index (χ0n) is 12.1. The van der Waals surface area contributed by atoms with Crippen molar-refractivity contribution in [2.24, 2.45) is 0 Å². The average molecular weight is 365 g/mol. The van der Waals surface area contributed by atoms with Crippen molar-refractivity contribution in [3.05, 3.63) is 52.8 Å². The van der Waals surface area contributed by atoms with Crippen LogP contribution in [0.4, 0.5) is 24.5 Å². The summed E-state index contributed by atoms with van der Waals surface area (Å²) in [7, 11) is -0.917. The molecule has 0 bridgehead atoms. The summed E-state index contributed by atoms with van der Waals surface area (Å²) in [4.78, 5) is 0.635. The summed E-state index contributed by atoms with van der Waals surface area (Å²) in [6.07, 6.45) is 0. The van der Waals surface area contributed by atoms with Gasteiger partial charge in [0.2, 0.25) is 0 Å². The lowest BCUT2D eigenvalue weighted by Crippen LogP contribution is -2.16. The molecular weight excluding hydrogens is 353 g/mol. The maximum atomic E-state index is 13.8. The van der Waals surface area contributed by atoms with Crippen LogP contribution in [0.3, 0.4) is 0 Å². The van der Waals surface area contributed by atoms with E-state index in [0.29, 0.717) is 6.07 Å². The second kappa shape index (κ2) is 6.29. The highest BCUT2D eigenvalue weighted by Gasteiger charge is 2.26. The second-order valence-corrected chi connectivity index (χ2v) is 6.87. The molecule has 2 aromatic rings. The van der Waals surface area contributed by atoms with Crippen molar-refractivity contribution in [2.45, 2.75) is 4.90 Å². The van der Waals surface area contributed by atoms with E-state index < -0.39 is 37.4 Å². The molecule has 0 unspecified atom stereocenters. The van der Waals surface area contributed by atoms with E-state index in [1.165, 1.54) is 12.1 Å². The number of rotatable bonds is 4. The molecule has 0 atom stereocenters. The van der Waals surface area contributed by atoms with Gasteiger partial charge in [0.1, 0.15) is 15.7 Å². The first kappa shape index (κ1) is 17.4. The third-order valence-corrected chi connectivity index (χ3v) is 4.72. The normalized spacial score (nSPS) is 11.4. The Balaban J connectivity index is 2.40. The average Bonchev–Trinajstić information content (AvgIpc) is 2.48. The van der Waals surface area contributed by atoms with Crippen LogP contribution in [0.2, 0.25) is 5.02 Å². The molecule has 2 rings (SSSR count). The molecule has 9 heteroatoms. The van der Waals surface area contributed by atoms with Crippen LogP contribution in [0, 0.1) is 17.5 Å². The fourth-order valence-corrected chi connectivity index (χ4v) is 3.06. The van der Waals surface area contributed by atoms with Crippen LogP contribution >= 0.6 is 11.6 Å². The molecule has 124 valence electrons. The molecule has 0 aliphatic rings. The highest BCUT2D eigenvalue weighted by molar-refractivity contribution is 7.92. The first-order valence-electron chi connectivity index (χ1n) is 6.26. The van der Waals surface area contributed by atoms with Gasteiger partial charge in [-0.25, -0.2) is 21.6 Å². The van der Waals surface area contributed by atoms with Gasteiger partial charge in [0.05, 0.1) is 0 Å². The van der Waals surface area contributed by atoms with Gasteiger partial charge in [-0.3, -0.25) is 4.72 Å². The van der Waals surface area contributed by atoms with Crippen molar-refractivity contribution in [2.75, 3.05) is 23.7 Å². The number of nitrogens with one attached hydrogen (secondary N) is 1. The summed E-state index contributed by atoms with van der Waals surface area (Å²) in [5, 5.41) is -1.10. The number of anilines is 2. The van der Waals surface area contributed by atoms with Crippen LogP contribution in [0.25, 0.3) is 0 Å². The maximum Gasteiger partial charge on any atom is 0.265 e. The fraction of sp³-hybridized carbons (Fsp3) is 0.143. The Morgan fingerprint density at radius 1 is 1.04 bits per heavy atom. The molecule has 0 saturated carbocycles. The molecule has 0 aromatic heterocycles. The van der Waals surface area contributed by atoms with E-state index in [9.17, 15) is 21.6 Å². The van der Waals surface area contributed by atoms with Gasteiger partial charge < -0.3 is 4.90 Å². The Hall–Kier alpha value is -1.93. The summed E-state index contributed by atoms with van der Waals surface area (Å²) in [6, 6.07) is 6.45. The van der Waals surface area contributed by atoms with Gasteiger partial charge in [-0.15, -0.1) is 0 Å². The first-order chi connectivity index (χ1) is 10.6. The van der Waals surface area contributed by atoms with Crippen molar-refractivity contribution in [3.63, 3.8) is 0 Å². The summed E-state index contributed by atoms with van der Waals surface area (Å²) in [5.74, 6) is -4.86. The number of hydrogen-bond donors (Lipinski definition) is 1. The first-order valence-corrected chi connectivity index (χ1v) is 8.13. The smallest absolute Gasteiger partial charge is 0.265 e. The maximum absolute atomic E-state index is 13.8. The van der Waals surface area contributed by atoms with Crippen molar-refractivity contribution in [1.29, 1.82) is 0 Å². The van der Waals surface area contributed by atoms with Crippen LogP contribution in [-0.2, 0) is 10.0 Å². The van der Waals surface area contributed by atoms with Crippen molar-refractivity contribution < 1.29 is 21.6 Å². The number of nitrogens with zero attached hydrogens (tertiary/aromatic N) is 1. The number of sulfonamides is 1. The molecule has 0 saturated heterocycles. The zero-order valence-corrected chi connectivity index (χ0v) is 13.6. The number of halogens is 4. The van der Waals surface area contributed by atoms with E-state index in [4.69, 9.17) is 11.6 Å². The van der Waals surface area contributed by atoms with E-state index in [2.05, 4.69) is 4.72 Å². The molecule has 0 heterocycles. The largest absolute Gasteiger partial charge is 0.378 e. The Labute approximate surface area is 136 Å². The molecule has 1 N–H and O–H groups in total. The highest BCUT2D eigenvalue weighted by Crippen LogP contribution is 2.28. The van der Waals surface area contributed by atoms with Gasteiger partial charge >= 0.3 is 0 Å². The van der Waals surface area contributed by atoms with Gasteiger partial charge in [0.25, 0.3) is 10.0 Å². The molecule has 4 nitrogen and oxygen atoms in total. The van der Waals surface area contributed by atoms with Crippen LogP contribution in [0.5, 0.6) is 0 Å². The highest BCUT2D eigenvalue weighted by atomic mass is 35.5. The second-order valence-electron chi connectivity index (χ2n) is 4.85. The molecule has 0 fully saturated rings. The minimum atomic E-state index is -4.52. The van der Waals surface area contributed by atoms with Crippen LogP contribution in [0.15, 0.2) is 35.2 Å². The minimum Gasteiger partial charge on any atom is -0.378 e. The lowest BCUT2D eigenvalue weighted by molar-refractivity contribution is 0.471. The van der Waals surface area contributed by atoms with Crippen molar-refractivity contribution >= 4 is 33.0 Å². The van der Waals surface area contributed by atoms with Gasteiger partial charge in [-0.05, 0) is 30.3 Å². The Bertz CT molecular complexity index is 840. The van der Waals surface area contributed by atoms with Crippen molar-refractivity contribution in [1.82, 2.24) is 0 Å². The van der Waals surface area contributed by atoms with E-state index in [-0.39, 0.29) is 5.69 Å². The third-order valence-electron chi connectivity index (χ3n) is 2.99. The Kier molecular flexibility index (Phi) is 4.76. The molecule has 2 aromatic carbocycles. The Morgan fingerprint density at radius 2 is 1.61 bits per heavy atom. The van der Waals surface area contributed by atoms with E-state index in [1.807, 2.05) is 0 Å². The van der Waals surface area contributed by atoms with Crippen LogP contribution < -0.4 is 9.62 Å². The molecule has 0 amide bonds. The van der Waals surface area contributed by atoms with Gasteiger partial charge in [-0.1, -0.05) is 11.6 Å². The van der Waals surface area contributed by atoms with Crippen LogP contribution in [-0.4, -0.2) is 22.5 Å². The molecule has 0 aliphatic carbocycles. The number of benzene rings is 2. The lowest BCUT2D eigenvalue weighted by Gasteiger charge is -2.14. The quantitative estimate of drug-likeness (QED) is 0.666. The summed E-state index contributed by atoms with van der Waals surface area (Å²) in [5.41, 5.74) is 0.925. The topological polar surface area (TPSA) is 49.4 Å². The van der Waals surface area contributed by atoms with Crippen molar-refractivity contribution in [3.8, 4) is 0 Å². The zero-order chi connectivity index (χ0) is 17.4. The molecule has 23 heavy (non-hydrogen) atoms. The molecule has 0 spiro atoms. The van der Waals surface area contributed by atoms with Gasteiger partial charge in [0, 0.05) is 25.5 Å². The molecular formula is C14H12ClF3N2O2S. The van der Waals surface area contributed by atoms with Crippen LogP contribution in [0.1, 0.15) is 0 Å². The predicted octanol–water partition coefficient (Wildman–Crippen LogP) is 3.62.